The second-order valence-corrected chi connectivity index (χ2v) is 5.91. The molecule has 1 aromatic heterocycles. The number of rotatable bonds is 7. The summed E-state index contributed by atoms with van der Waals surface area (Å²) in [4.78, 5) is 2.74. The minimum atomic E-state index is 0.704. The Morgan fingerprint density at radius 1 is 1.11 bits per heavy atom. The lowest BCUT2D eigenvalue weighted by Crippen LogP contribution is -2.20. The van der Waals surface area contributed by atoms with Gasteiger partial charge in [-0.05, 0) is 43.2 Å². The first-order valence-corrected chi connectivity index (χ1v) is 7.57. The first-order chi connectivity index (χ1) is 9.28. The van der Waals surface area contributed by atoms with E-state index in [0.29, 0.717) is 6.61 Å². The zero-order valence-electron chi connectivity index (χ0n) is 11.6. The Bertz CT molecular complexity index is 490. The van der Waals surface area contributed by atoms with Crippen LogP contribution < -0.4 is 10.1 Å². The van der Waals surface area contributed by atoms with Crippen LogP contribution in [0.4, 0.5) is 0 Å². The molecule has 0 aliphatic heterocycles. The molecule has 0 fully saturated rings. The Hall–Kier alpha value is -1.32. The summed E-state index contributed by atoms with van der Waals surface area (Å²) in [6.45, 7) is 6.79. The molecule has 19 heavy (non-hydrogen) atoms. The first kappa shape index (κ1) is 14.1. The van der Waals surface area contributed by atoms with Gasteiger partial charge in [0.05, 0.1) is 0 Å². The molecule has 2 nitrogen and oxygen atoms in total. The van der Waals surface area contributed by atoms with E-state index >= 15 is 0 Å². The highest BCUT2D eigenvalue weighted by atomic mass is 32.1. The largest absolute Gasteiger partial charge is 0.492 e. The smallest absolute Gasteiger partial charge is 0.119 e. The maximum absolute atomic E-state index is 5.69. The summed E-state index contributed by atoms with van der Waals surface area (Å²) in [5.41, 5.74) is 1.35. The van der Waals surface area contributed by atoms with Crippen LogP contribution in [0.3, 0.4) is 0 Å². The van der Waals surface area contributed by atoms with E-state index in [1.807, 2.05) is 23.5 Å². The molecule has 0 bridgehead atoms. The van der Waals surface area contributed by atoms with Gasteiger partial charge in [0.2, 0.25) is 0 Å². The van der Waals surface area contributed by atoms with Crippen LogP contribution in [0.1, 0.15) is 22.2 Å². The number of benzene rings is 1. The molecular formula is C16H21NOS. The first-order valence-electron chi connectivity index (χ1n) is 6.75. The second-order valence-electron chi connectivity index (χ2n) is 4.54. The third-order valence-corrected chi connectivity index (χ3v) is 3.98. The predicted octanol–water partition coefficient (Wildman–Crippen LogP) is 3.79. The molecule has 0 atom stereocenters. The average molecular weight is 275 g/mol. The highest BCUT2D eigenvalue weighted by Gasteiger charge is 1.97. The normalized spacial score (nSPS) is 10.6. The van der Waals surface area contributed by atoms with Gasteiger partial charge in [-0.2, -0.15) is 0 Å². The lowest BCUT2D eigenvalue weighted by Gasteiger charge is -2.07. The molecule has 0 spiro atoms. The van der Waals surface area contributed by atoms with Crippen LogP contribution in [-0.4, -0.2) is 13.2 Å². The van der Waals surface area contributed by atoms with Crippen molar-refractivity contribution >= 4 is 11.3 Å². The quantitative estimate of drug-likeness (QED) is 0.776. The Morgan fingerprint density at radius 3 is 2.53 bits per heavy atom. The maximum Gasteiger partial charge on any atom is 0.119 e. The van der Waals surface area contributed by atoms with Crippen molar-refractivity contribution in [3.05, 3.63) is 51.7 Å². The molecule has 102 valence electrons. The molecule has 0 unspecified atom stereocenters. The summed E-state index contributed by atoms with van der Waals surface area (Å²) < 4.78 is 5.69. The van der Waals surface area contributed by atoms with E-state index in [9.17, 15) is 0 Å². The molecule has 2 aromatic rings. The van der Waals surface area contributed by atoms with Gasteiger partial charge in [0.1, 0.15) is 12.4 Å². The van der Waals surface area contributed by atoms with E-state index in [2.05, 4.69) is 43.4 Å². The van der Waals surface area contributed by atoms with Crippen LogP contribution in [0, 0.1) is 6.92 Å². The zero-order valence-corrected chi connectivity index (χ0v) is 12.4. The average Bonchev–Trinajstić information content (AvgIpc) is 2.85. The van der Waals surface area contributed by atoms with E-state index in [4.69, 9.17) is 4.74 Å². The van der Waals surface area contributed by atoms with Gasteiger partial charge in [-0.3, -0.25) is 0 Å². The second kappa shape index (κ2) is 7.31. The van der Waals surface area contributed by atoms with Crippen LogP contribution in [0.15, 0.2) is 36.4 Å². The molecule has 0 radical (unpaired) electrons. The number of aryl methyl sites for hydroxylation is 2. The molecule has 0 saturated carbocycles. The topological polar surface area (TPSA) is 21.3 Å². The van der Waals surface area contributed by atoms with Gasteiger partial charge in [-0.1, -0.05) is 19.1 Å². The lowest BCUT2D eigenvalue weighted by atomic mass is 10.2. The number of ether oxygens (including phenoxy) is 1. The van der Waals surface area contributed by atoms with Gasteiger partial charge in [0.15, 0.2) is 0 Å². The summed E-state index contributed by atoms with van der Waals surface area (Å²) in [7, 11) is 0. The number of hydrogen-bond acceptors (Lipinski definition) is 3. The third-order valence-electron chi connectivity index (χ3n) is 2.97. The van der Waals surface area contributed by atoms with Crippen LogP contribution in [0.2, 0.25) is 0 Å². The summed E-state index contributed by atoms with van der Waals surface area (Å²) in [5.74, 6) is 0.950. The van der Waals surface area contributed by atoms with Crippen LogP contribution in [0.25, 0.3) is 0 Å². The highest BCUT2D eigenvalue weighted by Crippen LogP contribution is 2.14. The fourth-order valence-corrected chi connectivity index (χ4v) is 2.71. The molecule has 0 aliphatic rings. The molecular weight excluding hydrogens is 254 g/mol. The molecule has 1 aromatic carbocycles. The fraction of sp³-hybridized carbons (Fsp3) is 0.375. The van der Waals surface area contributed by atoms with Crippen molar-refractivity contribution < 1.29 is 4.74 Å². The summed E-state index contributed by atoms with van der Waals surface area (Å²) in [5, 5.41) is 3.39. The fourth-order valence-electron chi connectivity index (χ4n) is 1.85. The van der Waals surface area contributed by atoms with Crippen molar-refractivity contribution in [1.29, 1.82) is 0 Å². The molecule has 1 heterocycles. The summed E-state index contributed by atoms with van der Waals surface area (Å²) in [6, 6.07) is 12.7. The van der Waals surface area contributed by atoms with Crippen LogP contribution >= 0.6 is 11.3 Å². The van der Waals surface area contributed by atoms with Gasteiger partial charge < -0.3 is 10.1 Å². The third kappa shape index (κ3) is 4.69. The molecule has 1 N–H and O–H groups in total. The van der Waals surface area contributed by atoms with Gasteiger partial charge in [0, 0.05) is 22.8 Å². The van der Waals surface area contributed by atoms with Crippen molar-refractivity contribution in [2.75, 3.05) is 13.2 Å². The van der Waals surface area contributed by atoms with E-state index in [1.165, 1.54) is 15.3 Å². The lowest BCUT2D eigenvalue weighted by molar-refractivity contribution is 0.314. The van der Waals surface area contributed by atoms with E-state index in [1.54, 1.807) is 0 Å². The molecule has 2 rings (SSSR count). The van der Waals surface area contributed by atoms with Crippen molar-refractivity contribution in [2.24, 2.45) is 0 Å². The highest BCUT2D eigenvalue weighted by molar-refractivity contribution is 7.11. The number of thiophene rings is 1. The van der Waals surface area contributed by atoms with E-state index in [-0.39, 0.29) is 0 Å². The summed E-state index contributed by atoms with van der Waals surface area (Å²) >= 11 is 1.84. The standard InChI is InChI=1S/C16H21NOS/c1-3-14-5-7-15(8-6-14)18-11-10-17-12-16-9-4-13(2)19-16/h4-9,17H,3,10-12H2,1-2H3. The van der Waals surface area contributed by atoms with Crippen molar-refractivity contribution in [3.63, 3.8) is 0 Å². The Morgan fingerprint density at radius 2 is 1.89 bits per heavy atom. The predicted molar refractivity (Wildman–Crippen MR) is 82.1 cm³/mol. The van der Waals surface area contributed by atoms with E-state index in [0.717, 1.165) is 25.3 Å². The molecule has 3 heteroatoms. The maximum atomic E-state index is 5.69. The molecule has 0 amide bonds. The number of hydrogen-bond donors (Lipinski definition) is 1. The summed E-state index contributed by atoms with van der Waals surface area (Å²) in [6.07, 6.45) is 1.07. The molecule has 0 saturated heterocycles. The van der Waals surface area contributed by atoms with Crippen molar-refractivity contribution in [1.82, 2.24) is 5.32 Å². The monoisotopic (exact) mass is 275 g/mol. The minimum absolute atomic E-state index is 0.704. The van der Waals surface area contributed by atoms with Gasteiger partial charge >= 0.3 is 0 Å². The molecule has 0 aliphatic carbocycles. The zero-order chi connectivity index (χ0) is 13.5. The number of nitrogens with one attached hydrogen (secondary N) is 1. The Labute approximate surface area is 119 Å². The van der Waals surface area contributed by atoms with Crippen LogP contribution in [-0.2, 0) is 13.0 Å². The Balaban J connectivity index is 1.63. The van der Waals surface area contributed by atoms with Crippen molar-refractivity contribution in [2.45, 2.75) is 26.8 Å². The Kier molecular flexibility index (Phi) is 5.43. The van der Waals surface area contributed by atoms with E-state index < -0.39 is 0 Å². The SMILES string of the molecule is CCc1ccc(OCCNCc2ccc(C)s2)cc1. The van der Waals surface area contributed by atoms with Gasteiger partial charge in [-0.25, -0.2) is 0 Å². The minimum Gasteiger partial charge on any atom is -0.492 e. The van der Waals surface area contributed by atoms with Gasteiger partial charge in [0.25, 0.3) is 0 Å². The van der Waals surface area contributed by atoms with Crippen LogP contribution in [0.5, 0.6) is 5.75 Å². The van der Waals surface area contributed by atoms with Gasteiger partial charge in [-0.15, -0.1) is 11.3 Å². The van der Waals surface area contributed by atoms with Crippen molar-refractivity contribution in [3.8, 4) is 5.75 Å².